The van der Waals surface area contributed by atoms with E-state index in [1.165, 1.54) is 11.1 Å². The second kappa shape index (κ2) is 7.91. The molecule has 1 aromatic carbocycles. The molecule has 0 aliphatic heterocycles. The predicted octanol–water partition coefficient (Wildman–Crippen LogP) is 3.95. The van der Waals surface area contributed by atoms with Crippen molar-refractivity contribution >= 4 is 5.78 Å². The van der Waals surface area contributed by atoms with E-state index in [1.54, 1.807) is 0 Å². The van der Waals surface area contributed by atoms with E-state index in [2.05, 4.69) is 32.0 Å². The Morgan fingerprint density at radius 3 is 2.00 bits per heavy atom. The maximum Gasteiger partial charge on any atom is 0.169 e. The number of aryl methyl sites for hydroxylation is 2. The second-order valence-corrected chi connectivity index (χ2v) is 4.67. The van der Waals surface area contributed by atoms with Gasteiger partial charge in [0.2, 0.25) is 0 Å². The molecule has 0 atom stereocenters. The summed E-state index contributed by atoms with van der Waals surface area (Å²) in [6.07, 6.45) is 4.92. The van der Waals surface area contributed by atoms with Gasteiger partial charge in [-0.15, -0.1) is 0 Å². The molecule has 0 aliphatic rings. The lowest BCUT2D eigenvalue weighted by Crippen LogP contribution is -2.09. The van der Waals surface area contributed by atoms with Crippen molar-refractivity contribution < 1.29 is 9.53 Å². The molecule has 0 unspecified atom stereocenters. The average Bonchev–Trinajstić information content (AvgIpc) is 2.36. The van der Waals surface area contributed by atoms with Gasteiger partial charge in [-0.2, -0.15) is 0 Å². The first-order chi connectivity index (χ1) is 8.69. The van der Waals surface area contributed by atoms with Crippen LogP contribution in [0.3, 0.4) is 0 Å². The number of hydrogen-bond acceptors (Lipinski definition) is 2. The number of carbonyl (C=O) groups excluding carboxylic acids is 1. The Balaban J connectivity index is 2.78. The Bertz CT molecular complexity index is 358. The van der Waals surface area contributed by atoms with Crippen LogP contribution in [-0.2, 0) is 17.6 Å². The first-order valence-corrected chi connectivity index (χ1v) is 6.96. The van der Waals surface area contributed by atoms with Crippen LogP contribution in [0.2, 0.25) is 0 Å². The number of hydrogen-bond donors (Lipinski definition) is 0. The highest BCUT2D eigenvalue weighted by Crippen LogP contribution is 2.20. The van der Waals surface area contributed by atoms with Gasteiger partial charge in [0, 0.05) is 6.42 Å². The molecule has 1 rings (SSSR count). The van der Waals surface area contributed by atoms with E-state index >= 15 is 0 Å². The first kappa shape index (κ1) is 14.7. The SMILES string of the molecule is CCCc1cc(CCC)cc(OCC(=O)CC)c1. The van der Waals surface area contributed by atoms with Crippen LogP contribution in [0.5, 0.6) is 5.75 Å². The Kier molecular flexibility index (Phi) is 6.48. The maximum atomic E-state index is 11.3. The van der Waals surface area contributed by atoms with Crippen molar-refractivity contribution in [3.8, 4) is 5.75 Å². The van der Waals surface area contributed by atoms with Crippen LogP contribution in [-0.4, -0.2) is 12.4 Å². The summed E-state index contributed by atoms with van der Waals surface area (Å²) < 4.78 is 5.58. The molecular weight excluding hydrogens is 224 g/mol. The molecule has 0 bridgehead atoms. The van der Waals surface area contributed by atoms with Crippen molar-refractivity contribution in [2.24, 2.45) is 0 Å². The molecule has 0 N–H and O–H groups in total. The lowest BCUT2D eigenvalue weighted by molar-refractivity contribution is -0.120. The minimum absolute atomic E-state index is 0.146. The molecule has 1 aromatic rings. The van der Waals surface area contributed by atoms with Gasteiger partial charge in [-0.3, -0.25) is 4.79 Å². The predicted molar refractivity (Wildman–Crippen MR) is 75.2 cm³/mol. The molecule has 0 radical (unpaired) electrons. The quantitative estimate of drug-likeness (QED) is 0.696. The zero-order valence-corrected chi connectivity index (χ0v) is 11.8. The molecule has 2 nitrogen and oxygen atoms in total. The Hall–Kier alpha value is -1.31. The van der Waals surface area contributed by atoms with E-state index in [1.807, 2.05) is 6.92 Å². The van der Waals surface area contributed by atoms with Gasteiger partial charge in [0.1, 0.15) is 12.4 Å². The summed E-state index contributed by atoms with van der Waals surface area (Å²) in [5, 5.41) is 0. The Morgan fingerprint density at radius 1 is 1.00 bits per heavy atom. The minimum Gasteiger partial charge on any atom is -0.486 e. The molecular formula is C16H24O2. The normalized spacial score (nSPS) is 10.4. The van der Waals surface area contributed by atoms with Crippen LogP contribution in [0, 0.1) is 0 Å². The van der Waals surface area contributed by atoms with Crippen LogP contribution in [0.4, 0.5) is 0 Å². The van der Waals surface area contributed by atoms with E-state index in [0.717, 1.165) is 31.4 Å². The summed E-state index contributed by atoms with van der Waals surface area (Å²) >= 11 is 0. The molecule has 0 aromatic heterocycles. The van der Waals surface area contributed by atoms with Gasteiger partial charge < -0.3 is 4.74 Å². The van der Waals surface area contributed by atoms with Gasteiger partial charge in [-0.25, -0.2) is 0 Å². The summed E-state index contributed by atoms with van der Waals surface area (Å²) in [4.78, 5) is 11.3. The number of rotatable bonds is 8. The molecule has 0 heterocycles. The monoisotopic (exact) mass is 248 g/mol. The lowest BCUT2D eigenvalue weighted by Gasteiger charge is -2.10. The van der Waals surface area contributed by atoms with E-state index in [-0.39, 0.29) is 12.4 Å². The van der Waals surface area contributed by atoms with Gasteiger partial charge in [0.15, 0.2) is 5.78 Å². The third-order valence-electron chi connectivity index (χ3n) is 2.90. The van der Waals surface area contributed by atoms with E-state index in [0.29, 0.717) is 6.42 Å². The van der Waals surface area contributed by atoms with Gasteiger partial charge in [0.25, 0.3) is 0 Å². The average molecular weight is 248 g/mol. The highest BCUT2D eigenvalue weighted by Gasteiger charge is 2.04. The zero-order chi connectivity index (χ0) is 13.4. The summed E-state index contributed by atoms with van der Waals surface area (Å²) in [5.41, 5.74) is 2.62. The van der Waals surface area contributed by atoms with Crippen molar-refractivity contribution in [2.45, 2.75) is 52.9 Å². The first-order valence-electron chi connectivity index (χ1n) is 6.96. The third-order valence-corrected chi connectivity index (χ3v) is 2.90. The van der Waals surface area contributed by atoms with E-state index in [9.17, 15) is 4.79 Å². The van der Waals surface area contributed by atoms with Gasteiger partial charge in [-0.05, 0) is 36.1 Å². The van der Waals surface area contributed by atoms with Crippen molar-refractivity contribution in [3.63, 3.8) is 0 Å². The zero-order valence-electron chi connectivity index (χ0n) is 11.8. The maximum absolute atomic E-state index is 11.3. The third kappa shape index (κ3) is 4.91. The van der Waals surface area contributed by atoms with Crippen LogP contribution in [0.25, 0.3) is 0 Å². The van der Waals surface area contributed by atoms with Crippen molar-refractivity contribution in [3.05, 3.63) is 29.3 Å². The molecule has 2 heteroatoms. The summed E-state index contributed by atoms with van der Waals surface area (Å²) in [6, 6.07) is 6.37. The Morgan fingerprint density at radius 2 is 1.56 bits per heavy atom. The number of carbonyl (C=O) groups is 1. The fourth-order valence-corrected chi connectivity index (χ4v) is 1.94. The molecule has 100 valence electrons. The standard InChI is InChI=1S/C16H24O2/c1-4-7-13-9-14(8-5-2)11-16(10-13)18-12-15(17)6-3/h9-11H,4-8,12H2,1-3H3. The molecule has 18 heavy (non-hydrogen) atoms. The highest BCUT2D eigenvalue weighted by atomic mass is 16.5. The molecule has 0 spiro atoms. The molecule has 0 aliphatic carbocycles. The molecule has 0 saturated carbocycles. The molecule has 0 fully saturated rings. The molecule has 0 saturated heterocycles. The number of ether oxygens (including phenoxy) is 1. The van der Waals surface area contributed by atoms with Crippen molar-refractivity contribution in [1.29, 1.82) is 0 Å². The number of benzene rings is 1. The van der Waals surface area contributed by atoms with Crippen molar-refractivity contribution in [1.82, 2.24) is 0 Å². The van der Waals surface area contributed by atoms with Crippen LogP contribution >= 0.6 is 0 Å². The van der Waals surface area contributed by atoms with Crippen LogP contribution < -0.4 is 4.74 Å². The minimum atomic E-state index is 0.146. The molecule has 0 amide bonds. The van der Waals surface area contributed by atoms with E-state index in [4.69, 9.17) is 4.74 Å². The van der Waals surface area contributed by atoms with Gasteiger partial charge >= 0.3 is 0 Å². The van der Waals surface area contributed by atoms with Gasteiger partial charge in [-0.1, -0.05) is 39.7 Å². The van der Waals surface area contributed by atoms with Crippen molar-refractivity contribution in [2.75, 3.05) is 6.61 Å². The largest absolute Gasteiger partial charge is 0.486 e. The topological polar surface area (TPSA) is 26.3 Å². The summed E-state index contributed by atoms with van der Waals surface area (Å²) in [6.45, 7) is 6.40. The second-order valence-electron chi connectivity index (χ2n) is 4.67. The Labute approximate surface area is 110 Å². The highest BCUT2D eigenvalue weighted by molar-refractivity contribution is 5.79. The van der Waals surface area contributed by atoms with Gasteiger partial charge in [0.05, 0.1) is 0 Å². The fraction of sp³-hybridized carbons (Fsp3) is 0.562. The number of Topliss-reactive ketones (excluding diaryl/α,β-unsaturated/α-hetero) is 1. The summed E-state index contributed by atoms with van der Waals surface area (Å²) in [5.74, 6) is 0.985. The lowest BCUT2D eigenvalue weighted by atomic mass is 10.0. The summed E-state index contributed by atoms with van der Waals surface area (Å²) in [7, 11) is 0. The number of ketones is 1. The fourth-order valence-electron chi connectivity index (χ4n) is 1.94. The van der Waals surface area contributed by atoms with E-state index < -0.39 is 0 Å². The smallest absolute Gasteiger partial charge is 0.169 e. The van der Waals surface area contributed by atoms with Crippen LogP contribution in [0.15, 0.2) is 18.2 Å². The van der Waals surface area contributed by atoms with Crippen LogP contribution in [0.1, 0.15) is 51.2 Å².